The van der Waals surface area contributed by atoms with Gasteiger partial charge < -0.3 is 25.5 Å². The summed E-state index contributed by atoms with van der Waals surface area (Å²) >= 11 is 11.7. The van der Waals surface area contributed by atoms with E-state index >= 15 is 0 Å². The van der Waals surface area contributed by atoms with Crippen LogP contribution in [0.2, 0.25) is 5.02 Å². The van der Waals surface area contributed by atoms with E-state index < -0.39 is 5.97 Å². The van der Waals surface area contributed by atoms with Crippen molar-refractivity contribution in [3.05, 3.63) is 101 Å². The van der Waals surface area contributed by atoms with Gasteiger partial charge in [-0.05, 0) is 66.3 Å². The van der Waals surface area contributed by atoms with Gasteiger partial charge in [0.25, 0.3) is 5.91 Å². The predicted molar refractivity (Wildman–Crippen MR) is 137 cm³/mol. The minimum Gasteiger partial charge on any atom is -0.475 e. The van der Waals surface area contributed by atoms with Crippen LogP contribution in [0, 0.1) is 0 Å². The number of amides is 1. The number of aromatic carboxylic acids is 1. The van der Waals surface area contributed by atoms with Crippen LogP contribution in [0.1, 0.15) is 20.9 Å². The van der Waals surface area contributed by atoms with Gasteiger partial charge in [0, 0.05) is 22.5 Å². The summed E-state index contributed by atoms with van der Waals surface area (Å²) in [4.78, 5) is 23.6. The zero-order chi connectivity index (χ0) is 24.1. The minimum absolute atomic E-state index is 0.113. The number of hydrogen-bond donors (Lipinski definition) is 4. The number of anilines is 3. The lowest BCUT2D eigenvalue weighted by Gasteiger charge is -2.13. The van der Waals surface area contributed by atoms with Crippen molar-refractivity contribution < 1.29 is 19.1 Å². The molecule has 4 N–H and O–H groups in total. The lowest BCUT2D eigenvalue weighted by Crippen LogP contribution is -2.19. The van der Waals surface area contributed by atoms with Gasteiger partial charge in [-0.1, -0.05) is 41.9 Å². The number of halogens is 1. The molecule has 0 radical (unpaired) electrons. The molecular formula is C25H18ClN3O4S. The van der Waals surface area contributed by atoms with Gasteiger partial charge in [0.2, 0.25) is 5.76 Å². The van der Waals surface area contributed by atoms with Gasteiger partial charge in [-0.2, -0.15) is 0 Å². The second-order valence-corrected chi connectivity index (χ2v) is 7.96. The third-order valence-electron chi connectivity index (χ3n) is 4.82. The molecule has 0 spiro atoms. The summed E-state index contributed by atoms with van der Waals surface area (Å²) in [7, 11) is 0. The number of nitrogens with one attached hydrogen (secondary N) is 3. The second-order valence-electron chi connectivity index (χ2n) is 7.14. The summed E-state index contributed by atoms with van der Waals surface area (Å²) in [6.45, 7) is 0. The summed E-state index contributed by atoms with van der Waals surface area (Å²) in [6.07, 6.45) is 1.34. The number of carbonyl (C=O) groups excluding carboxylic acids is 1. The molecule has 0 aliphatic rings. The molecule has 34 heavy (non-hydrogen) atoms. The van der Waals surface area contributed by atoms with Crippen LogP contribution in [0.4, 0.5) is 17.1 Å². The number of carboxylic acids is 1. The summed E-state index contributed by atoms with van der Waals surface area (Å²) in [5.41, 5.74) is 3.56. The first kappa shape index (κ1) is 23.0. The van der Waals surface area contributed by atoms with E-state index in [4.69, 9.17) is 28.2 Å². The standard InChI is InChI=1S/C25H18ClN3O4S/c26-20-14-18(10-11-21(20)29-23(30)16-4-2-1-3-5-16)28-25(34)27-17-8-6-15(7-9-17)19-12-13-33-22(19)24(31)32/h1-14H,(H,29,30)(H,31,32)(H2,27,28,34). The highest BCUT2D eigenvalue weighted by atomic mass is 35.5. The van der Waals surface area contributed by atoms with Crippen LogP contribution < -0.4 is 16.0 Å². The fourth-order valence-electron chi connectivity index (χ4n) is 3.21. The molecule has 0 aliphatic carbocycles. The van der Waals surface area contributed by atoms with Crippen LogP contribution in [0.3, 0.4) is 0 Å². The first-order chi connectivity index (χ1) is 16.4. The summed E-state index contributed by atoms with van der Waals surface area (Å²) in [5, 5.41) is 18.8. The Morgan fingerprint density at radius 1 is 0.853 bits per heavy atom. The van der Waals surface area contributed by atoms with Crippen molar-refractivity contribution in [3.63, 3.8) is 0 Å². The SMILES string of the molecule is O=C(Nc1ccc(NC(=S)Nc2ccc(-c3ccoc3C(=O)O)cc2)cc1Cl)c1ccccc1. The molecule has 3 aromatic carbocycles. The van der Waals surface area contributed by atoms with E-state index in [0.29, 0.717) is 43.9 Å². The van der Waals surface area contributed by atoms with Gasteiger partial charge in [0.15, 0.2) is 5.11 Å². The quantitative estimate of drug-likeness (QED) is 0.233. The van der Waals surface area contributed by atoms with Crippen LogP contribution in [0.15, 0.2) is 89.5 Å². The first-order valence-electron chi connectivity index (χ1n) is 10.1. The van der Waals surface area contributed by atoms with Crippen molar-refractivity contribution in [3.8, 4) is 11.1 Å². The van der Waals surface area contributed by atoms with Crippen molar-refractivity contribution in [2.24, 2.45) is 0 Å². The predicted octanol–water partition coefficient (Wildman–Crippen LogP) is 6.36. The average Bonchev–Trinajstić information content (AvgIpc) is 3.32. The Hall–Kier alpha value is -4.14. The smallest absolute Gasteiger partial charge is 0.372 e. The molecule has 1 aromatic heterocycles. The van der Waals surface area contributed by atoms with E-state index in [-0.39, 0.29) is 11.7 Å². The van der Waals surface area contributed by atoms with E-state index in [1.807, 2.05) is 6.07 Å². The van der Waals surface area contributed by atoms with Gasteiger partial charge in [-0.15, -0.1) is 0 Å². The van der Waals surface area contributed by atoms with Gasteiger partial charge in [0.1, 0.15) is 0 Å². The number of thiocarbonyl (C=S) groups is 1. The monoisotopic (exact) mass is 491 g/mol. The van der Waals surface area contributed by atoms with Crippen molar-refractivity contribution in [2.45, 2.75) is 0 Å². The number of hydrogen-bond acceptors (Lipinski definition) is 4. The van der Waals surface area contributed by atoms with E-state index in [2.05, 4.69) is 16.0 Å². The van der Waals surface area contributed by atoms with Crippen LogP contribution in [0.5, 0.6) is 0 Å². The molecule has 1 amide bonds. The van der Waals surface area contributed by atoms with Gasteiger partial charge in [-0.25, -0.2) is 4.79 Å². The maximum Gasteiger partial charge on any atom is 0.372 e. The lowest BCUT2D eigenvalue weighted by molar-refractivity contribution is 0.0663. The van der Waals surface area contributed by atoms with Crippen LogP contribution in [-0.4, -0.2) is 22.1 Å². The molecule has 0 fully saturated rings. The van der Waals surface area contributed by atoms with Crippen molar-refractivity contribution >= 4 is 57.9 Å². The third-order valence-corrected chi connectivity index (χ3v) is 5.34. The minimum atomic E-state index is -1.13. The Morgan fingerprint density at radius 3 is 2.21 bits per heavy atom. The molecule has 0 aliphatic heterocycles. The molecule has 170 valence electrons. The van der Waals surface area contributed by atoms with Crippen molar-refractivity contribution in [1.82, 2.24) is 0 Å². The Morgan fingerprint density at radius 2 is 1.53 bits per heavy atom. The van der Waals surface area contributed by atoms with E-state index in [1.165, 1.54) is 6.26 Å². The number of carboxylic acid groups (broad SMARTS) is 1. The summed E-state index contributed by atoms with van der Waals surface area (Å²) in [5.74, 6) is -1.50. The third kappa shape index (κ3) is 5.43. The average molecular weight is 492 g/mol. The normalized spacial score (nSPS) is 10.4. The molecule has 4 aromatic rings. The Labute approximate surface area is 205 Å². The lowest BCUT2D eigenvalue weighted by atomic mass is 10.1. The van der Waals surface area contributed by atoms with E-state index in [0.717, 1.165) is 0 Å². The highest BCUT2D eigenvalue weighted by Gasteiger charge is 2.15. The topological polar surface area (TPSA) is 104 Å². The van der Waals surface area contributed by atoms with Crippen LogP contribution in [0.25, 0.3) is 11.1 Å². The van der Waals surface area contributed by atoms with Crippen molar-refractivity contribution in [1.29, 1.82) is 0 Å². The molecule has 9 heteroatoms. The summed E-state index contributed by atoms with van der Waals surface area (Å²) in [6, 6.07) is 22.6. The van der Waals surface area contributed by atoms with Crippen molar-refractivity contribution in [2.75, 3.05) is 16.0 Å². The zero-order valence-corrected chi connectivity index (χ0v) is 19.1. The molecule has 0 unspecified atom stereocenters. The molecular weight excluding hydrogens is 474 g/mol. The van der Waals surface area contributed by atoms with E-state index in [1.54, 1.807) is 72.8 Å². The van der Waals surface area contributed by atoms with Crippen LogP contribution in [-0.2, 0) is 0 Å². The largest absolute Gasteiger partial charge is 0.475 e. The Kier molecular flexibility index (Phi) is 6.91. The van der Waals surface area contributed by atoms with Gasteiger partial charge in [-0.3, -0.25) is 4.79 Å². The number of furan rings is 1. The molecule has 1 heterocycles. The highest BCUT2D eigenvalue weighted by Crippen LogP contribution is 2.28. The maximum atomic E-state index is 12.3. The number of carbonyl (C=O) groups is 2. The highest BCUT2D eigenvalue weighted by molar-refractivity contribution is 7.80. The van der Waals surface area contributed by atoms with Crippen LogP contribution >= 0.6 is 23.8 Å². The molecule has 0 atom stereocenters. The second kappa shape index (κ2) is 10.2. The van der Waals surface area contributed by atoms with Gasteiger partial charge in [0.05, 0.1) is 17.0 Å². The Balaban J connectivity index is 1.37. The molecule has 0 saturated heterocycles. The molecule has 4 rings (SSSR count). The zero-order valence-electron chi connectivity index (χ0n) is 17.5. The number of rotatable bonds is 6. The fourth-order valence-corrected chi connectivity index (χ4v) is 3.67. The summed E-state index contributed by atoms with van der Waals surface area (Å²) < 4.78 is 5.02. The fraction of sp³-hybridized carbons (Fsp3) is 0. The van der Waals surface area contributed by atoms with Gasteiger partial charge >= 0.3 is 5.97 Å². The first-order valence-corrected chi connectivity index (χ1v) is 10.8. The molecule has 0 bridgehead atoms. The molecule has 0 saturated carbocycles. The maximum absolute atomic E-state index is 12.3. The number of benzene rings is 3. The van der Waals surface area contributed by atoms with E-state index in [9.17, 15) is 14.7 Å². The molecule has 7 nitrogen and oxygen atoms in total. The Bertz CT molecular complexity index is 1350.